The van der Waals surface area contributed by atoms with Gasteiger partial charge in [0, 0.05) is 6.04 Å². The fourth-order valence-electron chi connectivity index (χ4n) is 1.56. The molecular weight excluding hydrogens is 234 g/mol. The minimum absolute atomic E-state index is 0.0184. The van der Waals surface area contributed by atoms with Crippen molar-refractivity contribution in [3.05, 3.63) is 29.8 Å². The maximum Gasteiger partial charge on any atom is 0.179 e. The van der Waals surface area contributed by atoms with Crippen LogP contribution in [0.25, 0.3) is 0 Å². The molecule has 0 spiro atoms. The van der Waals surface area contributed by atoms with Crippen molar-refractivity contribution in [2.45, 2.75) is 44.0 Å². The molecule has 0 amide bonds. The normalized spacial score (nSPS) is 13.9. The Bertz CT molecular complexity index is 449. The lowest BCUT2D eigenvalue weighted by Gasteiger charge is -2.11. The van der Waals surface area contributed by atoms with E-state index >= 15 is 0 Å². The van der Waals surface area contributed by atoms with Crippen LogP contribution >= 0.6 is 0 Å². The number of nitrogens with two attached hydrogens (primary N) is 1. The Hall–Kier alpha value is -0.870. The molecule has 96 valence electrons. The van der Waals surface area contributed by atoms with Crippen molar-refractivity contribution in [1.82, 2.24) is 0 Å². The van der Waals surface area contributed by atoms with Gasteiger partial charge in [-0.3, -0.25) is 0 Å². The second-order valence-corrected chi connectivity index (χ2v) is 6.71. The quantitative estimate of drug-likeness (QED) is 0.878. The van der Waals surface area contributed by atoms with E-state index in [0.717, 1.165) is 5.56 Å². The lowest BCUT2D eigenvalue weighted by Crippen LogP contribution is -2.28. The van der Waals surface area contributed by atoms with Crippen molar-refractivity contribution in [1.29, 1.82) is 0 Å². The number of hydrogen-bond donors (Lipinski definition) is 1. The number of sulfone groups is 1. The molecule has 0 bridgehead atoms. The van der Waals surface area contributed by atoms with E-state index in [9.17, 15) is 8.42 Å². The third kappa shape index (κ3) is 3.82. The van der Waals surface area contributed by atoms with E-state index in [1.54, 1.807) is 12.1 Å². The highest BCUT2D eigenvalue weighted by molar-refractivity contribution is 7.91. The molecule has 0 heterocycles. The molecule has 1 aromatic rings. The topological polar surface area (TPSA) is 60.2 Å². The van der Waals surface area contributed by atoms with E-state index in [-0.39, 0.29) is 11.8 Å². The third-order valence-electron chi connectivity index (χ3n) is 2.86. The molecule has 0 aliphatic rings. The summed E-state index contributed by atoms with van der Waals surface area (Å²) in [4.78, 5) is 0.366. The first-order valence-corrected chi connectivity index (χ1v) is 7.60. The minimum atomic E-state index is -3.24. The van der Waals surface area contributed by atoms with Gasteiger partial charge in [0.1, 0.15) is 0 Å². The fraction of sp³-hybridized carbons (Fsp3) is 0.538. The van der Waals surface area contributed by atoms with Gasteiger partial charge in [-0.15, -0.1) is 0 Å². The molecule has 1 aromatic carbocycles. The summed E-state index contributed by atoms with van der Waals surface area (Å²) in [5.74, 6) is 0.425. The zero-order chi connectivity index (χ0) is 13.1. The molecule has 0 saturated heterocycles. The summed E-state index contributed by atoms with van der Waals surface area (Å²) in [7, 11) is -3.24. The van der Waals surface area contributed by atoms with Crippen molar-refractivity contribution >= 4 is 9.84 Å². The molecule has 0 radical (unpaired) electrons. The first-order valence-electron chi connectivity index (χ1n) is 5.95. The number of hydrogen-bond acceptors (Lipinski definition) is 3. The first kappa shape index (κ1) is 14.2. The Balaban J connectivity index is 2.92. The van der Waals surface area contributed by atoms with Crippen molar-refractivity contribution in [3.8, 4) is 0 Å². The lowest BCUT2D eigenvalue weighted by atomic mass is 10.0. The van der Waals surface area contributed by atoms with E-state index in [0.29, 0.717) is 17.2 Å². The van der Waals surface area contributed by atoms with E-state index in [1.165, 1.54) is 0 Å². The van der Waals surface area contributed by atoms with Gasteiger partial charge in [0.25, 0.3) is 0 Å². The zero-order valence-corrected chi connectivity index (χ0v) is 11.5. The summed E-state index contributed by atoms with van der Waals surface area (Å²) >= 11 is 0. The Morgan fingerprint density at radius 1 is 1.18 bits per heavy atom. The summed E-state index contributed by atoms with van der Waals surface area (Å²) in [5, 5.41) is 0. The average molecular weight is 255 g/mol. The van der Waals surface area contributed by atoms with Crippen LogP contribution in [-0.4, -0.2) is 20.2 Å². The van der Waals surface area contributed by atoms with Crippen LogP contribution in [0.5, 0.6) is 0 Å². The monoisotopic (exact) mass is 255 g/mol. The van der Waals surface area contributed by atoms with Gasteiger partial charge in [0.15, 0.2) is 9.84 Å². The average Bonchev–Trinajstić information content (AvgIpc) is 2.28. The van der Waals surface area contributed by atoms with Gasteiger partial charge >= 0.3 is 0 Å². The van der Waals surface area contributed by atoms with Gasteiger partial charge < -0.3 is 5.73 Å². The van der Waals surface area contributed by atoms with Crippen LogP contribution in [0.15, 0.2) is 29.2 Å². The van der Waals surface area contributed by atoms with Gasteiger partial charge in [0.2, 0.25) is 0 Å². The molecule has 2 N–H and O–H groups in total. The van der Waals surface area contributed by atoms with Gasteiger partial charge in [-0.1, -0.05) is 32.9 Å². The van der Waals surface area contributed by atoms with Crippen LogP contribution in [0, 0.1) is 0 Å². The van der Waals surface area contributed by atoms with E-state index in [1.807, 2.05) is 19.1 Å². The van der Waals surface area contributed by atoms with E-state index < -0.39 is 9.84 Å². The Morgan fingerprint density at radius 2 is 1.71 bits per heavy atom. The Kier molecular flexibility index (Phi) is 4.71. The first-order chi connectivity index (χ1) is 7.86. The molecule has 4 heteroatoms. The molecule has 1 unspecified atom stereocenters. The molecule has 0 aromatic heterocycles. The third-order valence-corrected chi connectivity index (χ3v) is 4.72. The van der Waals surface area contributed by atoms with Crippen LogP contribution in [0.3, 0.4) is 0 Å². The van der Waals surface area contributed by atoms with Crippen LogP contribution in [0.2, 0.25) is 0 Å². The van der Waals surface area contributed by atoms with Crippen LogP contribution in [0.4, 0.5) is 0 Å². The molecule has 3 nitrogen and oxygen atoms in total. The van der Waals surface area contributed by atoms with Crippen molar-refractivity contribution < 1.29 is 8.42 Å². The lowest BCUT2D eigenvalue weighted by molar-refractivity contribution is 0.584. The fourth-order valence-corrected chi connectivity index (χ4v) is 3.10. The molecule has 0 aliphatic carbocycles. The van der Waals surface area contributed by atoms with Crippen LogP contribution < -0.4 is 5.73 Å². The van der Waals surface area contributed by atoms with Crippen molar-refractivity contribution in [2.75, 3.05) is 5.75 Å². The van der Waals surface area contributed by atoms with Crippen molar-refractivity contribution in [2.24, 2.45) is 5.73 Å². The standard InChI is InChI=1S/C13H21NO2S/c1-4-12(14)9-17(15,16)13-7-5-11(6-8-13)10(2)3/h5-8,10,12H,4,9,14H2,1-3H3. The van der Waals surface area contributed by atoms with Gasteiger partial charge in [-0.2, -0.15) is 0 Å². The summed E-state index contributed by atoms with van der Waals surface area (Å²) in [6.07, 6.45) is 0.670. The predicted molar refractivity (Wildman–Crippen MR) is 70.9 cm³/mol. The summed E-state index contributed by atoms with van der Waals surface area (Å²) in [6.45, 7) is 6.05. The SMILES string of the molecule is CCC(N)CS(=O)(=O)c1ccc(C(C)C)cc1. The number of rotatable bonds is 5. The second kappa shape index (κ2) is 5.65. The molecule has 17 heavy (non-hydrogen) atoms. The van der Waals surface area contributed by atoms with Crippen molar-refractivity contribution in [3.63, 3.8) is 0 Å². The maximum atomic E-state index is 12.0. The van der Waals surface area contributed by atoms with Gasteiger partial charge in [0.05, 0.1) is 10.6 Å². The Morgan fingerprint density at radius 3 is 2.12 bits per heavy atom. The van der Waals surface area contributed by atoms with E-state index in [2.05, 4.69) is 13.8 Å². The minimum Gasteiger partial charge on any atom is -0.327 e. The highest BCUT2D eigenvalue weighted by atomic mass is 32.2. The molecule has 0 fully saturated rings. The van der Waals surface area contributed by atoms with Crippen LogP contribution in [0.1, 0.15) is 38.7 Å². The molecule has 1 atom stereocenters. The Labute approximate surface area is 104 Å². The summed E-state index contributed by atoms with van der Waals surface area (Å²) in [5.41, 5.74) is 6.84. The molecule has 0 saturated carbocycles. The molecule has 1 rings (SSSR count). The molecule has 0 aliphatic heterocycles. The zero-order valence-electron chi connectivity index (χ0n) is 10.7. The highest BCUT2D eigenvalue weighted by Crippen LogP contribution is 2.18. The summed E-state index contributed by atoms with van der Waals surface area (Å²) in [6, 6.07) is 6.80. The van der Waals surface area contributed by atoms with Gasteiger partial charge in [-0.05, 0) is 30.0 Å². The summed E-state index contributed by atoms with van der Waals surface area (Å²) < 4.78 is 24.0. The van der Waals surface area contributed by atoms with Gasteiger partial charge in [-0.25, -0.2) is 8.42 Å². The maximum absolute atomic E-state index is 12.0. The molecular formula is C13H21NO2S. The number of benzene rings is 1. The highest BCUT2D eigenvalue weighted by Gasteiger charge is 2.17. The largest absolute Gasteiger partial charge is 0.327 e. The smallest absolute Gasteiger partial charge is 0.179 e. The van der Waals surface area contributed by atoms with Crippen LogP contribution in [-0.2, 0) is 9.84 Å². The predicted octanol–water partition coefficient (Wildman–Crippen LogP) is 2.32. The second-order valence-electron chi connectivity index (χ2n) is 4.67. The van der Waals surface area contributed by atoms with E-state index in [4.69, 9.17) is 5.73 Å².